The van der Waals surface area contributed by atoms with E-state index in [-0.39, 0.29) is 22.9 Å². The number of fused-ring (bicyclic) bond motifs is 7. The minimum absolute atomic E-state index is 0.0539. The molecule has 6 atom stereocenters. The van der Waals surface area contributed by atoms with Gasteiger partial charge >= 0.3 is 5.97 Å². The molecule has 4 heteroatoms. The van der Waals surface area contributed by atoms with Crippen molar-refractivity contribution in [2.45, 2.75) is 77.2 Å². The van der Waals surface area contributed by atoms with E-state index in [2.05, 4.69) is 85.3 Å². The minimum Gasteiger partial charge on any atom is -0.462 e. The molecule has 4 nitrogen and oxygen atoms in total. The monoisotopic (exact) mass is 506 g/mol. The van der Waals surface area contributed by atoms with E-state index in [1.54, 1.807) is 12.5 Å². The van der Waals surface area contributed by atoms with E-state index < -0.39 is 0 Å². The summed E-state index contributed by atoms with van der Waals surface area (Å²) in [5.41, 5.74) is 8.38. The zero-order valence-corrected chi connectivity index (χ0v) is 22.8. The van der Waals surface area contributed by atoms with E-state index >= 15 is 0 Å². The summed E-state index contributed by atoms with van der Waals surface area (Å²) in [6.45, 7) is 6.60. The van der Waals surface area contributed by atoms with Gasteiger partial charge in [0.05, 0.1) is 11.4 Å². The second-order valence-corrected chi connectivity index (χ2v) is 12.7. The van der Waals surface area contributed by atoms with Gasteiger partial charge in [-0.2, -0.15) is 5.10 Å². The van der Waals surface area contributed by atoms with Gasteiger partial charge in [0.15, 0.2) is 0 Å². The molecule has 38 heavy (non-hydrogen) atoms. The number of hydrogen-bond donors (Lipinski definition) is 0. The number of hydrogen-bond acceptors (Lipinski definition) is 3. The van der Waals surface area contributed by atoms with E-state index in [9.17, 15) is 4.79 Å². The van der Waals surface area contributed by atoms with Gasteiger partial charge in [0.1, 0.15) is 6.10 Å². The van der Waals surface area contributed by atoms with Crippen LogP contribution in [0.2, 0.25) is 0 Å². The van der Waals surface area contributed by atoms with Gasteiger partial charge in [-0.15, -0.1) is 0 Å². The van der Waals surface area contributed by atoms with Gasteiger partial charge < -0.3 is 4.74 Å². The Morgan fingerprint density at radius 3 is 2.37 bits per heavy atom. The third kappa shape index (κ3) is 3.48. The fourth-order valence-corrected chi connectivity index (χ4v) is 9.00. The van der Waals surface area contributed by atoms with Crippen molar-refractivity contribution in [2.75, 3.05) is 0 Å². The van der Waals surface area contributed by atoms with Crippen LogP contribution in [0.25, 0.3) is 16.9 Å². The molecule has 196 valence electrons. The van der Waals surface area contributed by atoms with E-state index in [1.807, 2.05) is 0 Å². The first-order valence-corrected chi connectivity index (χ1v) is 14.5. The van der Waals surface area contributed by atoms with Gasteiger partial charge in [-0.25, -0.2) is 4.68 Å². The summed E-state index contributed by atoms with van der Waals surface area (Å²) in [5, 5.41) is 5.29. The zero-order chi connectivity index (χ0) is 26.1. The number of aromatic nitrogens is 2. The number of carbonyl (C=O) groups is 1. The molecule has 4 aliphatic rings. The predicted octanol–water partition coefficient (Wildman–Crippen LogP) is 7.45. The molecule has 7 rings (SSSR count). The molecule has 2 fully saturated rings. The maximum absolute atomic E-state index is 11.6. The first-order chi connectivity index (χ1) is 18.4. The van der Waals surface area contributed by atoms with Gasteiger partial charge in [-0.3, -0.25) is 4.79 Å². The molecule has 1 aromatic heterocycles. The summed E-state index contributed by atoms with van der Waals surface area (Å²) >= 11 is 0. The van der Waals surface area contributed by atoms with Crippen molar-refractivity contribution in [3.05, 3.63) is 83.6 Å². The number of carbonyl (C=O) groups excluding carboxylic acids is 1. The maximum atomic E-state index is 11.6. The Balaban J connectivity index is 1.29. The minimum atomic E-state index is -0.147. The second kappa shape index (κ2) is 8.69. The van der Waals surface area contributed by atoms with Crippen LogP contribution in [-0.4, -0.2) is 21.9 Å². The van der Waals surface area contributed by atoms with Crippen molar-refractivity contribution in [2.24, 2.45) is 23.2 Å². The summed E-state index contributed by atoms with van der Waals surface area (Å²) in [7, 11) is 0. The molecule has 4 aliphatic carbocycles. The zero-order valence-electron chi connectivity index (χ0n) is 22.8. The molecule has 3 aromatic rings. The van der Waals surface area contributed by atoms with Crippen LogP contribution in [0.15, 0.2) is 72.3 Å². The van der Waals surface area contributed by atoms with E-state index in [0.717, 1.165) is 37.8 Å². The Morgan fingerprint density at radius 1 is 0.921 bits per heavy atom. The number of para-hydroxylation sites is 1. The molecular formula is C34H38N2O2. The molecule has 0 amide bonds. The van der Waals surface area contributed by atoms with Crippen LogP contribution in [0.3, 0.4) is 0 Å². The van der Waals surface area contributed by atoms with Gasteiger partial charge in [-0.05, 0) is 73.8 Å². The molecule has 0 N–H and O–H groups in total. The summed E-state index contributed by atoms with van der Waals surface area (Å²) in [6, 6.07) is 21.5. The quantitative estimate of drug-likeness (QED) is 0.274. The van der Waals surface area contributed by atoms with Crippen LogP contribution in [0.4, 0.5) is 0 Å². The number of allylic oxidation sites excluding steroid dienone is 1. The fourth-order valence-electron chi connectivity index (χ4n) is 9.00. The molecule has 2 aromatic carbocycles. The fraction of sp³-hybridized carbons (Fsp3) is 0.471. The Kier molecular flexibility index (Phi) is 5.48. The molecular weight excluding hydrogens is 468 g/mol. The van der Waals surface area contributed by atoms with Gasteiger partial charge in [0.25, 0.3) is 0 Å². The topological polar surface area (TPSA) is 44.1 Å². The van der Waals surface area contributed by atoms with Gasteiger partial charge in [0, 0.05) is 35.6 Å². The molecule has 0 aliphatic heterocycles. The molecule has 0 radical (unpaired) electrons. The van der Waals surface area contributed by atoms with Crippen LogP contribution in [0.1, 0.15) is 70.6 Å². The van der Waals surface area contributed by atoms with Crippen molar-refractivity contribution >= 4 is 5.97 Å². The van der Waals surface area contributed by atoms with Crippen LogP contribution in [-0.2, 0) is 21.4 Å². The highest BCUT2D eigenvalue weighted by Crippen LogP contribution is 2.65. The average molecular weight is 507 g/mol. The Morgan fingerprint density at radius 2 is 1.63 bits per heavy atom. The van der Waals surface area contributed by atoms with E-state index in [1.165, 1.54) is 35.4 Å². The molecule has 2 saturated carbocycles. The lowest BCUT2D eigenvalue weighted by atomic mass is 9.47. The molecule has 0 saturated heterocycles. The van der Waals surface area contributed by atoms with Crippen molar-refractivity contribution in [1.82, 2.24) is 9.78 Å². The summed E-state index contributed by atoms with van der Waals surface area (Å²) in [6.07, 6.45) is 10.3. The SMILES string of the molecule is CC(=O)OC1CCC2(C)C(=CCC3C2CCC2(C)c4c(-c5ccccc5)nn(-c5ccccc5)c4CC32)C1. The number of esters is 1. The number of nitrogens with zero attached hydrogens (tertiary/aromatic N) is 2. The smallest absolute Gasteiger partial charge is 0.302 e. The molecule has 6 unspecified atom stereocenters. The van der Waals surface area contributed by atoms with E-state index in [0.29, 0.717) is 17.8 Å². The van der Waals surface area contributed by atoms with Gasteiger partial charge in [-0.1, -0.05) is 74.0 Å². The highest BCUT2D eigenvalue weighted by molar-refractivity contribution is 5.69. The number of benzene rings is 2. The van der Waals surface area contributed by atoms with Crippen LogP contribution in [0, 0.1) is 23.2 Å². The summed E-state index contributed by atoms with van der Waals surface area (Å²) in [5.74, 6) is 1.84. The van der Waals surface area contributed by atoms with Crippen molar-refractivity contribution < 1.29 is 9.53 Å². The van der Waals surface area contributed by atoms with Crippen LogP contribution >= 0.6 is 0 Å². The number of ether oxygens (including phenoxy) is 1. The van der Waals surface area contributed by atoms with Crippen molar-refractivity contribution in [1.29, 1.82) is 0 Å². The Hall–Kier alpha value is -3.14. The van der Waals surface area contributed by atoms with Crippen molar-refractivity contribution in [3.8, 4) is 16.9 Å². The molecule has 0 bridgehead atoms. The lowest BCUT2D eigenvalue weighted by Gasteiger charge is -2.57. The summed E-state index contributed by atoms with van der Waals surface area (Å²) in [4.78, 5) is 11.6. The van der Waals surface area contributed by atoms with Crippen LogP contribution in [0.5, 0.6) is 0 Å². The normalized spacial score (nSPS) is 33.4. The first kappa shape index (κ1) is 23.9. The second-order valence-electron chi connectivity index (χ2n) is 12.7. The number of rotatable bonds is 3. The third-order valence-corrected chi connectivity index (χ3v) is 10.8. The largest absolute Gasteiger partial charge is 0.462 e. The standard InChI is InChI=1S/C34H38N2O2/c1-22(37)38-26-16-18-33(2)24(20-26)14-15-27-28(33)17-19-34(3)29(27)21-30-31(34)32(23-10-6-4-7-11-23)35-36(30)25-12-8-5-9-13-25/h4-14,26-29H,15-21H2,1-3H3. The average Bonchev–Trinajstić information content (AvgIpc) is 3.45. The molecule has 1 heterocycles. The Bertz CT molecular complexity index is 1410. The highest BCUT2D eigenvalue weighted by atomic mass is 16.5. The molecule has 0 spiro atoms. The third-order valence-electron chi connectivity index (χ3n) is 10.8. The van der Waals surface area contributed by atoms with Gasteiger partial charge in [0.2, 0.25) is 0 Å². The van der Waals surface area contributed by atoms with Crippen LogP contribution < -0.4 is 0 Å². The lowest BCUT2D eigenvalue weighted by molar-refractivity contribution is -0.148. The predicted molar refractivity (Wildman–Crippen MR) is 150 cm³/mol. The maximum Gasteiger partial charge on any atom is 0.302 e. The highest BCUT2D eigenvalue weighted by Gasteiger charge is 2.59. The van der Waals surface area contributed by atoms with E-state index in [4.69, 9.17) is 9.84 Å². The Labute approximate surface area is 226 Å². The lowest BCUT2D eigenvalue weighted by Crippen LogP contribution is -2.51. The van der Waals surface area contributed by atoms with Crippen molar-refractivity contribution in [3.63, 3.8) is 0 Å². The first-order valence-electron chi connectivity index (χ1n) is 14.5. The summed E-state index contributed by atoms with van der Waals surface area (Å²) < 4.78 is 7.92.